The van der Waals surface area contributed by atoms with Crippen molar-refractivity contribution in [3.8, 4) is 0 Å². The molecule has 0 aliphatic heterocycles. The lowest BCUT2D eigenvalue weighted by atomic mass is 9.96. The second kappa shape index (κ2) is 6.77. The minimum atomic E-state index is 0.227. The first kappa shape index (κ1) is 14.2. The molecule has 0 heterocycles. The van der Waals surface area contributed by atoms with Gasteiger partial charge in [0.2, 0.25) is 0 Å². The minimum Gasteiger partial charge on any atom is -0.379 e. The van der Waals surface area contributed by atoms with E-state index in [0.717, 1.165) is 6.42 Å². The molecule has 0 bridgehead atoms. The van der Waals surface area contributed by atoms with Crippen LogP contribution in [0, 0.1) is 0 Å². The molecule has 17 heavy (non-hydrogen) atoms. The van der Waals surface area contributed by atoms with Crippen LogP contribution in [0.3, 0.4) is 0 Å². The smallest absolute Gasteiger partial charge is 0.0763 e. The van der Waals surface area contributed by atoms with Crippen LogP contribution in [-0.2, 0) is 4.74 Å². The molecule has 0 saturated heterocycles. The molecule has 2 heteroatoms. The molecule has 2 nitrogen and oxygen atoms in total. The molecule has 0 aliphatic rings. The van der Waals surface area contributed by atoms with E-state index in [9.17, 15) is 0 Å². The fourth-order valence-electron chi connectivity index (χ4n) is 2.19. The highest BCUT2D eigenvalue weighted by Gasteiger charge is 2.19. The van der Waals surface area contributed by atoms with Gasteiger partial charge in [0, 0.05) is 7.11 Å². The van der Waals surface area contributed by atoms with Crippen molar-refractivity contribution >= 4 is 0 Å². The average Bonchev–Trinajstić information content (AvgIpc) is 2.36. The SMILES string of the molecule is CCC(OC)C(NC)c1ccc(C(C)C)cc1. The molecule has 0 saturated carbocycles. The first-order valence-electron chi connectivity index (χ1n) is 6.43. The molecule has 1 N–H and O–H groups in total. The zero-order valence-electron chi connectivity index (χ0n) is 11.7. The molecule has 0 fully saturated rings. The highest BCUT2D eigenvalue weighted by Crippen LogP contribution is 2.23. The van der Waals surface area contributed by atoms with Gasteiger partial charge in [-0.15, -0.1) is 0 Å². The van der Waals surface area contributed by atoms with Crippen molar-refractivity contribution in [1.82, 2.24) is 5.32 Å². The molecule has 0 spiro atoms. The largest absolute Gasteiger partial charge is 0.379 e. The van der Waals surface area contributed by atoms with Gasteiger partial charge in [0.15, 0.2) is 0 Å². The van der Waals surface area contributed by atoms with Crippen LogP contribution < -0.4 is 5.32 Å². The predicted molar refractivity (Wildman–Crippen MR) is 73.4 cm³/mol. The molecular formula is C15H25NO. The lowest BCUT2D eigenvalue weighted by Crippen LogP contribution is -2.30. The summed E-state index contributed by atoms with van der Waals surface area (Å²) < 4.78 is 5.52. The van der Waals surface area contributed by atoms with Gasteiger partial charge in [0.05, 0.1) is 12.1 Å². The van der Waals surface area contributed by atoms with Crippen molar-refractivity contribution in [2.45, 2.75) is 45.3 Å². The van der Waals surface area contributed by atoms with Gasteiger partial charge in [-0.05, 0) is 30.5 Å². The van der Waals surface area contributed by atoms with Crippen molar-refractivity contribution in [1.29, 1.82) is 0 Å². The van der Waals surface area contributed by atoms with Crippen molar-refractivity contribution in [2.75, 3.05) is 14.2 Å². The van der Waals surface area contributed by atoms with Gasteiger partial charge in [-0.25, -0.2) is 0 Å². The molecule has 2 atom stereocenters. The molecule has 96 valence electrons. The third-order valence-electron chi connectivity index (χ3n) is 3.35. The molecule has 1 rings (SSSR count). The minimum absolute atomic E-state index is 0.227. The van der Waals surface area contributed by atoms with Crippen LogP contribution in [0.25, 0.3) is 0 Å². The number of benzene rings is 1. The Bertz CT molecular complexity index is 314. The Morgan fingerprint density at radius 3 is 2.00 bits per heavy atom. The van der Waals surface area contributed by atoms with Gasteiger partial charge in [-0.3, -0.25) is 0 Å². The number of rotatable bonds is 6. The van der Waals surface area contributed by atoms with Gasteiger partial charge < -0.3 is 10.1 Å². The first-order chi connectivity index (χ1) is 8.13. The van der Waals surface area contributed by atoms with E-state index < -0.39 is 0 Å². The Labute approximate surface area is 105 Å². The summed E-state index contributed by atoms with van der Waals surface area (Å²) in [6, 6.07) is 9.11. The third kappa shape index (κ3) is 3.55. The summed E-state index contributed by atoms with van der Waals surface area (Å²) in [6.45, 7) is 6.59. The Morgan fingerprint density at radius 1 is 1.12 bits per heavy atom. The standard InChI is InChI=1S/C15H25NO/c1-6-14(17-5)15(16-4)13-9-7-12(8-10-13)11(2)3/h7-11,14-16H,6H2,1-5H3. The fraction of sp³-hybridized carbons (Fsp3) is 0.600. The van der Waals surface area contributed by atoms with Crippen LogP contribution in [0.5, 0.6) is 0 Å². The van der Waals surface area contributed by atoms with Crippen molar-refractivity contribution in [2.24, 2.45) is 0 Å². The Morgan fingerprint density at radius 2 is 1.65 bits per heavy atom. The van der Waals surface area contributed by atoms with Gasteiger partial charge in [-0.2, -0.15) is 0 Å². The predicted octanol–water partition coefficient (Wildman–Crippen LogP) is 3.50. The fourth-order valence-corrected chi connectivity index (χ4v) is 2.19. The highest BCUT2D eigenvalue weighted by atomic mass is 16.5. The Kier molecular flexibility index (Phi) is 5.66. The number of methoxy groups -OCH3 is 1. The molecule has 0 amide bonds. The maximum Gasteiger partial charge on any atom is 0.0763 e. The normalized spacial score (nSPS) is 14.9. The third-order valence-corrected chi connectivity index (χ3v) is 3.35. The van der Waals surface area contributed by atoms with E-state index in [1.54, 1.807) is 7.11 Å². The molecule has 0 aliphatic carbocycles. The van der Waals surface area contributed by atoms with E-state index >= 15 is 0 Å². The van der Waals surface area contributed by atoms with Gasteiger partial charge >= 0.3 is 0 Å². The number of nitrogens with one attached hydrogen (secondary N) is 1. The van der Waals surface area contributed by atoms with E-state index in [0.29, 0.717) is 5.92 Å². The molecule has 1 aromatic carbocycles. The Balaban J connectivity index is 2.89. The monoisotopic (exact) mass is 235 g/mol. The van der Waals surface area contributed by atoms with Crippen molar-refractivity contribution in [3.63, 3.8) is 0 Å². The van der Waals surface area contributed by atoms with E-state index in [-0.39, 0.29) is 12.1 Å². The zero-order chi connectivity index (χ0) is 12.8. The molecule has 0 radical (unpaired) electrons. The van der Waals surface area contributed by atoms with E-state index in [4.69, 9.17) is 4.74 Å². The second-order valence-corrected chi connectivity index (χ2v) is 4.77. The van der Waals surface area contributed by atoms with Gasteiger partial charge in [0.1, 0.15) is 0 Å². The molecule has 2 unspecified atom stereocenters. The van der Waals surface area contributed by atoms with Crippen LogP contribution in [0.2, 0.25) is 0 Å². The maximum absolute atomic E-state index is 5.52. The first-order valence-corrected chi connectivity index (χ1v) is 6.43. The summed E-state index contributed by atoms with van der Waals surface area (Å²) in [6.07, 6.45) is 1.23. The average molecular weight is 235 g/mol. The highest BCUT2D eigenvalue weighted by molar-refractivity contribution is 5.27. The quantitative estimate of drug-likeness (QED) is 0.815. The van der Waals surface area contributed by atoms with E-state index in [1.165, 1.54) is 11.1 Å². The maximum atomic E-state index is 5.52. The van der Waals surface area contributed by atoms with Crippen LogP contribution in [-0.4, -0.2) is 20.3 Å². The number of hydrogen-bond donors (Lipinski definition) is 1. The zero-order valence-corrected chi connectivity index (χ0v) is 11.7. The number of hydrogen-bond acceptors (Lipinski definition) is 2. The number of likely N-dealkylation sites (N-methyl/N-ethyl adjacent to an activating group) is 1. The molecular weight excluding hydrogens is 210 g/mol. The summed E-state index contributed by atoms with van der Waals surface area (Å²) in [5, 5.41) is 3.34. The van der Waals surface area contributed by atoms with Crippen LogP contribution in [0.1, 0.15) is 50.3 Å². The topological polar surface area (TPSA) is 21.3 Å². The lowest BCUT2D eigenvalue weighted by molar-refractivity contribution is 0.0675. The molecule has 0 aromatic heterocycles. The van der Waals surface area contributed by atoms with Crippen LogP contribution >= 0.6 is 0 Å². The van der Waals surface area contributed by atoms with E-state index in [2.05, 4.69) is 50.4 Å². The second-order valence-electron chi connectivity index (χ2n) is 4.77. The number of ether oxygens (including phenoxy) is 1. The van der Waals surface area contributed by atoms with E-state index in [1.807, 2.05) is 7.05 Å². The summed E-state index contributed by atoms with van der Waals surface area (Å²) in [7, 11) is 3.77. The van der Waals surface area contributed by atoms with Crippen molar-refractivity contribution < 1.29 is 4.74 Å². The summed E-state index contributed by atoms with van der Waals surface area (Å²) in [5.41, 5.74) is 2.68. The Hall–Kier alpha value is -0.860. The van der Waals surface area contributed by atoms with Crippen molar-refractivity contribution in [3.05, 3.63) is 35.4 Å². The van der Waals surface area contributed by atoms with Gasteiger partial charge in [-0.1, -0.05) is 45.0 Å². The summed E-state index contributed by atoms with van der Waals surface area (Å²) >= 11 is 0. The lowest BCUT2D eigenvalue weighted by Gasteiger charge is -2.25. The summed E-state index contributed by atoms with van der Waals surface area (Å²) in [5.74, 6) is 0.585. The molecule has 1 aromatic rings. The van der Waals surface area contributed by atoms with Crippen LogP contribution in [0.4, 0.5) is 0 Å². The van der Waals surface area contributed by atoms with Gasteiger partial charge in [0.25, 0.3) is 0 Å². The van der Waals surface area contributed by atoms with Crippen LogP contribution in [0.15, 0.2) is 24.3 Å². The summed E-state index contributed by atoms with van der Waals surface area (Å²) in [4.78, 5) is 0.